The lowest BCUT2D eigenvalue weighted by Crippen LogP contribution is -2.48. The van der Waals surface area contributed by atoms with Crippen LogP contribution < -0.4 is 10.6 Å². The molecule has 1 heterocycles. The van der Waals surface area contributed by atoms with Crippen LogP contribution in [-0.2, 0) is 9.53 Å². The van der Waals surface area contributed by atoms with E-state index >= 15 is 0 Å². The summed E-state index contributed by atoms with van der Waals surface area (Å²) in [6, 6.07) is 2.90. The van der Waals surface area contributed by atoms with E-state index in [-0.39, 0.29) is 6.04 Å². The van der Waals surface area contributed by atoms with E-state index in [0.29, 0.717) is 10.8 Å². The molecule has 3 amide bonds. The van der Waals surface area contributed by atoms with Gasteiger partial charge in [-0.15, -0.1) is 11.3 Å². The molecule has 120 valence electrons. The lowest BCUT2D eigenvalue weighted by Gasteiger charge is -2.29. The summed E-state index contributed by atoms with van der Waals surface area (Å²) in [7, 11) is 0. The molecule has 0 unspecified atom stereocenters. The van der Waals surface area contributed by atoms with E-state index in [4.69, 9.17) is 4.74 Å². The normalized spacial score (nSPS) is 21.0. The minimum atomic E-state index is -0.633. The van der Waals surface area contributed by atoms with Crippen LogP contribution in [0.15, 0.2) is 17.5 Å². The number of hydrogen-bond acceptors (Lipinski definition) is 5. The molecular weight excluding hydrogens is 304 g/mol. The van der Waals surface area contributed by atoms with Gasteiger partial charge in [0.15, 0.2) is 6.61 Å². The number of esters is 1. The molecule has 0 aromatic carbocycles. The zero-order valence-electron chi connectivity index (χ0n) is 12.5. The van der Waals surface area contributed by atoms with Crippen LogP contribution in [0.1, 0.15) is 42.3 Å². The number of thiophene rings is 1. The van der Waals surface area contributed by atoms with Crippen molar-refractivity contribution in [1.29, 1.82) is 0 Å². The van der Waals surface area contributed by atoms with Gasteiger partial charge in [0, 0.05) is 6.04 Å². The van der Waals surface area contributed by atoms with E-state index in [1.807, 2.05) is 0 Å². The predicted molar refractivity (Wildman–Crippen MR) is 82.7 cm³/mol. The Labute approximate surface area is 133 Å². The van der Waals surface area contributed by atoms with Crippen LogP contribution >= 0.6 is 11.3 Å². The minimum absolute atomic E-state index is 0.0928. The molecule has 0 radical (unpaired) electrons. The topological polar surface area (TPSA) is 84.5 Å². The highest BCUT2D eigenvalue weighted by Gasteiger charge is 2.23. The summed E-state index contributed by atoms with van der Waals surface area (Å²) in [4.78, 5) is 35.4. The molecule has 1 aromatic rings. The van der Waals surface area contributed by atoms with Gasteiger partial charge in [0.1, 0.15) is 4.88 Å². The Hall–Kier alpha value is -1.89. The third-order valence-electron chi connectivity index (χ3n) is 3.74. The van der Waals surface area contributed by atoms with Gasteiger partial charge in [0.05, 0.1) is 0 Å². The highest BCUT2D eigenvalue weighted by molar-refractivity contribution is 7.11. The van der Waals surface area contributed by atoms with Crippen molar-refractivity contribution in [3.63, 3.8) is 0 Å². The fraction of sp³-hybridized carbons (Fsp3) is 0.533. The molecule has 2 N–H and O–H groups in total. The first-order chi connectivity index (χ1) is 10.6. The van der Waals surface area contributed by atoms with Crippen molar-refractivity contribution in [2.75, 3.05) is 6.61 Å². The molecule has 0 spiro atoms. The van der Waals surface area contributed by atoms with Crippen LogP contribution in [0.5, 0.6) is 0 Å². The highest BCUT2D eigenvalue weighted by atomic mass is 32.1. The van der Waals surface area contributed by atoms with Crippen LogP contribution in [0, 0.1) is 5.92 Å². The average molecular weight is 324 g/mol. The predicted octanol–water partition coefficient (Wildman–Crippen LogP) is 2.31. The van der Waals surface area contributed by atoms with Crippen LogP contribution in [-0.4, -0.2) is 30.6 Å². The third kappa shape index (κ3) is 4.84. The highest BCUT2D eigenvalue weighted by Crippen LogP contribution is 2.23. The number of carbonyl (C=O) groups is 3. The Bertz CT molecular complexity index is 530. The number of urea groups is 1. The molecule has 1 aromatic heterocycles. The second kappa shape index (κ2) is 7.93. The summed E-state index contributed by atoms with van der Waals surface area (Å²) in [6.45, 7) is 1.62. The van der Waals surface area contributed by atoms with E-state index in [0.717, 1.165) is 19.3 Å². The Morgan fingerprint density at radius 3 is 2.77 bits per heavy atom. The first-order valence-electron chi connectivity index (χ1n) is 7.37. The molecular formula is C15H20N2O4S. The van der Waals surface area contributed by atoms with Gasteiger partial charge in [-0.3, -0.25) is 10.1 Å². The molecule has 1 aliphatic rings. The second-order valence-electron chi connectivity index (χ2n) is 5.44. The number of amides is 3. The zero-order chi connectivity index (χ0) is 15.9. The Balaban J connectivity index is 1.70. The summed E-state index contributed by atoms with van der Waals surface area (Å²) in [6.07, 6.45) is 4.27. The fourth-order valence-electron chi connectivity index (χ4n) is 2.49. The number of ether oxygens (including phenoxy) is 1. The molecule has 6 nitrogen and oxygen atoms in total. The molecule has 1 aliphatic carbocycles. The largest absolute Gasteiger partial charge is 0.451 e. The molecule has 7 heteroatoms. The van der Waals surface area contributed by atoms with Crippen LogP contribution in [0.3, 0.4) is 0 Å². The van der Waals surface area contributed by atoms with Crippen molar-refractivity contribution in [2.24, 2.45) is 5.92 Å². The molecule has 2 rings (SSSR count). The van der Waals surface area contributed by atoms with E-state index in [2.05, 4.69) is 17.6 Å². The van der Waals surface area contributed by atoms with Crippen molar-refractivity contribution in [1.82, 2.24) is 10.6 Å². The number of hydrogen-bond donors (Lipinski definition) is 2. The number of carbonyl (C=O) groups excluding carboxylic acids is 3. The van der Waals surface area contributed by atoms with E-state index < -0.39 is 24.5 Å². The van der Waals surface area contributed by atoms with E-state index in [1.54, 1.807) is 17.5 Å². The maximum Gasteiger partial charge on any atom is 0.348 e. The maximum atomic E-state index is 11.8. The van der Waals surface area contributed by atoms with E-state index in [1.165, 1.54) is 17.8 Å². The molecule has 2 atom stereocenters. The molecule has 0 bridgehead atoms. The van der Waals surface area contributed by atoms with Crippen molar-refractivity contribution in [2.45, 2.75) is 38.6 Å². The Morgan fingerprint density at radius 1 is 1.32 bits per heavy atom. The number of nitrogens with one attached hydrogen (secondary N) is 2. The third-order valence-corrected chi connectivity index (χ3v) is 4.59. The van der Waals surface area contributed by atoms with Gasteiger partial charge in [-0.1, -0.05) is 25.8 Å². The lowest BCUT2D eigenvalue weighted by atomic mass is 9.86. The number of rotatable bonds is 4. The fourth-order valence-corrected chi connectivity index (χ4v) is 3.11. The summed E-state index contributed by atoms with van der Waals surface area (Å²) >= 11 is 1.23. The van der Waals surface area contributed by atoms with Crippen LogP contribution in [0.2, 0.25) is 0 Å². The summed E-state index contributed by atoms with van der Waals surface area (Å²) in [5, 5.41) is 6.74. The Kier molecular flexibility index (Phi) is 5.94. The quantitative estimate of drug-likeness (QED) is 0.832. The SMILES string of the molecule is C[C@H]1CCCC[C@H]1NC(=O)NC(=O)COC(=O)c1cccs1. The summed E-state index contributed by atoms with van der Waals surface area (Å²) in [5.41, 5.74) is 0. The van der Waals surface area contributed by atoms with Gasteiger partial charge in [0.2, 0.25) is 0 Å². The standard InChI is InChI=1S/C15H20N2O4S/c1-10-5-2-3-6-11(10)16-15(20)17-13(18)9-21-14(19)12-7-4-8-22-12/h4,7-8,10-11H,2-3,5-6,9H2,1H3,(H2,16,17,18,20)/t10-,11+/m0/s1. The molecule has 1 fully saturated rings. The van der Waals surface area contributed by atoms with Crippen LogP contribution in [0.4, 0.5) is 4.79 Å². The monoisotopic (exact) mass is 324 g/mol. The van der Waals surface area contributed by atoms with Crippen molar-refractivity contribution < 1.29 is 19.1 Å². The first-order valence-corrected chi connectivity index (χ1v) is 8.25. The molecule has 0 aliphatic heterocycles. The van der Waals surface area contributed by atoms with E-state index in [9.17, 15) is 14.4 Å². The first kappa shape index (κ1) is 16.5. The maximum absolute atomic E-state index is 11.8. The van der Waals surface area contributed by atoms with Crippen molar-refractivity contribution in [3.05, 3.63) is 22.4 Å². The van der Waals surface area contributed by atoms with Crippen molar-refractivity contribution >= 4 is 29.2 Å². The second-order valence-corrected chi connectivity index (χ2v) is 6.39. The zero-order valence-corrected chi connectivity index (χ0v) is 13.3. The molecule has 0 saturated heterocycles. The number of imide groups is 1. The van der Waals surface area contributed by atoms with Gasteiger partial charge >= 0.3 is 12.0 Å². The van der Waals surface area contributed by atoms with Crippen molar-refractivity contribution in [3.8, 4) is 0 Å². The van der Waals surface area contributed by atoms with Crippen LogP contribution in [0.25, 0.3) is 0 Å². The average Bonchev–Trinajstić information content (AvgIpc) is 3.01. The lowest BCUT2D eigenvalue weighted by molar-refractivity contribution is -0.123. The van der Waals surface area contributed by atoms with Gasteiger partial charge < -0.3 is 10.1 Å². The van der Waals surface area contributed by atoms with Gasteiger partial charge in [-0.05, 0) is 30.2 Å². The van der Waals surface area contributed by atoms with Gasteiger partial charge in [0.25, 0.3) is 5.91 Å². The Morgan fingerprint density at radius 2 is 2.09 bits per heavy atom. The minimum Gasteiger partial charge on any atom is -0.451 e. The van der Waals surface area contributed by atoms with Gasteiger partial charge in [-0.2, -0.15) is 0 Å². The molecule has 1 saturated carbocycles. The molecule has 22 heavy (non-hydrogen) atoms. The van der Waals surface area contributed by atoms with Gasteiger partial charge in [-0.25, -0.2) is 9.59 Å². The summed E-state index contributed by atoms with van der Waals surface area (Å²) in [5.74, 6) is -0.788. The smallest absolute Gasteiger partial charge is 0.348 e. The summed E-state index contributed by atoms with van der Waals surface area (Å²) < 4.78 is 4.84.